The van der Waals surface area contributed by atoms with Crippen molar-refractivity contribution in [3.05, 3.63) is 0 Å². The van der Waals surface area contributed by atoms with Gasteiger partial charge in [0.05, 0.1) is 31.4 Å². The zero-order valence-corrected chi connectivity index (χ0v) is 35.1. The van der Waals surface area contributed by atoms with E-state index in [1.165, 1.54) is 0 Å². The molecule has 0 unspecified atom stereocenters. The van der Waals surface area contributed by atoms with Gasteiger partial charge in [-0.3, -0.25) is 38.6 Å². The van der Waals surface area contributed by atoms with Crippen molar-refractivity contribution in [3.63, 3.8) is 0 Å². The maximum atomic E-state index is 13.3. The molecule has 59 heavy (non-hydrogen) atoms. The Hall–Kier alpha value is -5.13. The monoisotopic (exact) mass is 845 g/mol. The van der Waals surface area contributed by atoms with E-state index < -0.39 is 127 Å². The molecular formula is C36H67N11O12. The molecular weight excluding hydrogens is 778 g/mol. The van der Waals surface area contributed by atoms with E-state index in [1.54, 1.807) is 34.6 Å². The van der Waals surface area contributed by atoms with Crippen LogP contribution in [0, 0.1) is 17.8 Å². The van der Waals surface area contributed by atoms with Gasteiger partial charge in [0.2, 0.25) is 41.4 Å². The van der Waals surface area contributed by atoms with E-state index in [0.717, 1.165) is 13.8 Å². The van der Waals surface area contributed by atoms with Gasteiger partial charge < -0.3 is 74.8 Å². The molecule has 0 aromatic rings. The summed E-state index contributed by atoms with van der Waals surface area (Å²) in [5.41, 5.74) is 16.5. The number of nitrogens with one attached hydrogen (secondary N) is 7. The molecule has 338 valence electrons. The summed E-state index contributed by atoms with van der Waals surface area (Å²) in [6.45, 7) is 11.0. The summed E-state index contributed by atoms with van der Waals surface area (Å²) in [5.74, 6) is -9.14. The summed E-state index contributed by atoms with van der Waals surface area (Å²) in [6, 6.07) is -9.74. The van der Waals surface area contributed by atoms with E-state index in [9.17, 15) is 58.8 Å². The van der Waals surface area contributed by atoms with Crippen molar-refractivity contribution < 1.29 is 58.8 Å². The smallest absolute Gasteiger partial charge is 0.326 e. The number of carbonyl (C=O) groups is 8. The van der Waals surface area contributed by atoms with Gasteiger partial charge in [-0.1, -0.05) is 54.4 Å². The van der Waals surface area contributed by atoms with Crippen molar-refractivity contribution in [2.75, 3.05) is 19.7 Å². The molecule has 0 saturated carbocycles. The second kappa shape index (κ2) is 26.8. The first-order chi connectivity index (χ1) is 27.4. The molecule has 17 N–H and O–H groups in total. The number of aliphatic hydroxyl groups is 3. The Morgan fingerprint density at radius 2 is 1.08 bits per heavy atom. The van der Waals surface area contributed by atoms with Crippen LogP contribution in [0.3, 0.4) is 0 Å². The minimum atomic E-state index is -1.73. The van der Waals surface area contributed by atoms with E-state index in [0.29, 0.717) is 12.8 Å². The zero-order chi connectivity index (χ0) is 45.7. The fourth-order valence-corrected chi connectivity index (χ4v) is 5.29. The minimum Gasteiger partial charge on any atom is -0.480 e. The van der Waals surface area contributed by atoms with Gasteiger partial charge in [0.15, 0.2) is 5.96 Å². The Morgan fingerprint density at radius 3 is 1.56 bits per heavy atom. The van der Waals surface area contributed by atoms with Gasteiger partial charge in [-0.05, 0) is 44.4 Å². The lowest BCUT2D eigenvalue weighted by atomic mass is 9.97. The van der Waals surface area contributed by atoms with Crippen molar-refractivity contribution in [3.8, 4) is 0 Å². The van der Waals surface area contributed by atoms with Crippen LogP contribution in [0.25, 0.3) is 0 Å². The van der Waals surface area contributed by atoms with Crippen LogP contribution in [0.4, 0.5) is 0 Å². The van der Waals surface area contributed by atoms with Crippen LogP contribution in [0.2, 0.25) is 0 Å². The first-order valence-corrected chi connectivity index (χ1v) is 19.5. The summed E-state index contributed by atoms with van der Waals surface area (Å²) in [5, 5.41) is 56.5. The Bertz CT molecular complexity index is 1460. The largest absolute Gasteiger partial charge is 0.480 e. The Balaban J connectivity index is 5.72. The number of nitrogens with zero attached hydrogens (tertiary/aromatic N) is 1. The molecule has 0 rings (SSSR count). The highest BCUT2D eigenvalue weighted by Crippen LogP contribution is 2.11. The molecule has 0 aliphatic carbocycles. The second-order valence-corrected chi connectivity index (χ2v) is 14.8. The molecule has 0 spiro atoms. The van der Waals surface area contributed by atoms with Crippen LogP contribution >= 0.6 is 0 Å². The molecule has 0 aromatic carbocycles. The highest BCUT2D eigenvalue weighted by Gasteiger charge is 2.36. The number of aliphatic carboxylic acids is 1. The van der Waals surface area contributed by atoms with Crippen molar-refractivity contribution in [1.29, 1.82) is 0 Å². The molecule has 0 aliphatic rings. The number of amides is 7. The lowest BCUT2D eigenvalue weighted by Crippen LogP contribution is -2.62. The Kier molecular flexibility index (Phi) is 24.5. The highest BCUT2D eigenvalue weighted by atomic mass is 16.4. The standard InChI is InChI=1S/C36H67N11O12/c1-9-17(5)24(37)30(53)45-25(16(3)4)32(55)43-22(15-48)29(52)46-26(18(6)10-2)31(54)41-14-23(51)44-27(19(7)49)34(57)47-28(20(8)50)33(56)42-21(35(58)59)12-11-13-40-36(38)39/h16-22,24-28,48-50H,9-15,37H2,1-8H3,(H,41,54)(H,42,56)(H,43,55)(H,44,51)(H,45,53)(H,46,52)(H,47,57)(H,58,59)(H4,38,39,40)/t17-,18-,19+,20+,21-,22-,24-,25-,26-,27-,28-/m0/s1. The Morgan fingerprint density at radius 1 is 0.610 bits per heavy atom. The number of aliphatic hydroxyl groups excluding tert-OH is 3. The van der Waals surface area contributed by atoms with E-state index in [-0.39, 0.29) is 31.3 Å². The maximum Gasteiger partial charge on any atom is 0.326 e. The molecule has 0 aromatic heterocycles. The van der Waals surface area contributed by atoms with Crippen molar-refractivity contribution >= 4 is 53.3 Å². The lowest BCUT2D eigenvalue weighted by Gasteiger charge is -2.28. The maximum absolute atomic E-state index is 13.3. The average Bonchev–Trinajstić information content (AvgIpc) is 3.17. The van der Waals surface area contributed by atoms with Crippen LogP contribution in [0.5, 0.6) is 0 Å². The molecule has 11 atom stereocenters. The van der Waals surface area contributed by atoms with Crippen LogP contribution in [0.1, 0.15) is 81.1 Å². The van der Waals surface area contributed by atoms with Gasteiger partial charge in [-0.15, -0.1) is 0 Å². The fraction of sp³-hybridized carbons (Fsp3) is 0.750. The summed E-state index contributed by atoms with van der Waals surface area (Å²) >= 11 is 0. The molecule has 0 heterocycles. The number of nitrogens with two attached hydrogens (primary N) is 3. The number of carbonyl (C=O) groups excluding carboxylic acids is 7. The molecule has 23 heteroatoms. The van der Waals surface area contributed by atoms with Gasteiger partial charge in [-0.25, -0.2) is 4.79 Å². The number of hydrogen-bond acceptors (Lipinski definition) is 13. The number of rotatable bonds is 27. The third kappa shape index (κ3) is 19.0. The van der Waals surface area contributed by atoms with E-state index in [2.05, 4.69) is 42.2 Å². The molecule has 23 nitrogen and oxygen atoms in total. The van der Waals surface area contributed by atoms with E-state index in [1.807, 2.05) is 6.92 Å². The molecule has 0 aliphatic heterocycles. The fourth-order valence-electron chi connectivity index (χ4n) is 5.29. The summed E-state index contributed by atoms with van der Waals surface area (Å²) < 4.78 is 0. The number of guanidine groups is 1. The van der Waals surface area contributed by atoms with Crippen LogP contribution < -0.4 is 54.4 Å². The summed E-state index contributed by atoms with van der Waals surface area (Å²) in [7, 11) is 0. The van der Waals surface area contributed by atoms with Crippen molar-refractivity contribution in [2.45, 2.75) is 136 Å². The third-order valence-corrected chi connectivity index (χ3v) is 9.54. The van der Waals surface area contributed by atoms with Gasteiger partial charge in [0.1, 0.15) is 36.3 Å². The Labute approximate surface area is 344 Å². The number of aliphatic imine (C=N–C) groups is 1. The van der Waals surface area contributed by atoms with Crippen LogP contribution in [0.15, 0.2) is 4.99 Å². The second-order valence-electron chi connectivity index (χ2n) is 14.8. The highest BCUT2D eigenvalue weighted by molar-refractivity contribution is 5.97. The van der Waals surface area contributed by atoms with Crippen LogP contribution in [-0.4, -0.2) is 148 Å². The number of carboxylic acids is 1. The predicted molar refractivity (Wildman–Crippen MR) is 214 cm³/mol. The topological polar surface area (TPSA) is 392 Å². The first kappa shape index (κ1) is 53.9. The van der Waals surface area contributed by atoms with Crippen LogP contribution in [-0.2, 0) is 38.4 Å². The SMILES string of the molecule is CC[C@H](C)[C@H](N)C(=O)N[C@H](C(=O)N[C@@H](CO)C(=O)N[C@H](C(=O)NCC(=O)N[C@H](C(=O)N[C@H](C(=O)N[C@@H](CCCN=C(N)N)C(=O)O)[C@@H](C)O)[C@@H](C)O)[C@@H](C)CC)C(C)C. The summed E-state index contributed by atoms with van der Waals surface area (Å²) in [6.07, 6.45) is -2.12. The molecule has 0 saturated heterocycles. The third-order valence-electron chi connectivity index (χ3n) is 9.54. The molecule has 7 amide bonds. The average molecular weight is 846 g/mol. The normalized spacial score (nSPS) is 16.8. The summed E-state index contributed by atoms with van der Waals surface area (Å²) in [4.78, 5) is 107. The number of hydrogen-bond donors (Lipinski definition) is 14. The zero-order valence-electron chi connectivity index (χ0n) is 35.1. The van der Waals surface area contributed by atoms with E-state index >= 15 is 0 Å². The van der Waals surface area contributed by atoms with Gasteiger partial charge in [0, 0.05) is 6.54 Å². The van der Waals surface area contributed by atoms with E-state index in [4.69, 9.17) is 17.2 Å². The van der Waals surface area contributed by atoms with Crippen molar-refractivity contribution in [2.24, 2.45) is 39.9 Å². The lowest BCUT2D eigenvalue weighted by molar-refractivity contribution is -0.143. The minimum absolute atomic E-state index is 0.0722. The quantitative estimate of drug-likeness (QED) is 0.0209. The van der Waals surface area contributed by atoms with Gasteiger partial charge in [0.25, 0.3) is 0 Å². The molecule has 0 bridgehead atoms. The predicted octanol–water partition coefficient (Wildman–Crippen LogP) is -5.02. The first-order valence-electron chi connectivity index (χ1n) is 19.5. The number of carboxylic acid groups (broad SMARTS) is 1. The van der Waals surface area contributed by atoms with Crippen molar-refractivity contribution in [1.82, 2.24) is 37.2 Å². The molecule has 0 radical (unpaired) electrons. The van der Waals surface area contributed by atoms with Gasteiger partial charge in [-0.2, -0.15) is 0 Å². The molecule has 0 fully saturated rings. The van der Waals surface area contributed by atoms with Gasteiger partial charge >= 0.3 is 5.97 Å².